The molecule has 2 N–H and O–H groups in total. The number of carboxylic acid groups (broad SMARTS) is 1. The number of unbranched alkanes of at least 4 members (excludes halogenated alkanes) is 1. The SMILES string of the molecule is CCCC[C@H](NC(=O)N(C)CCc1ccncc1)C(=O)O. The molecule has 0 aliphatic carbocycles. The maximum atomic E-state index is 12.0. The standard InChI is InChI=1S/C15H23N3O3/c1-3-4-5-13(14(19)20)17-15(21)18(2)11-8-12-6-9-16-10-7-12/h6-7,9-10,13H,3-5,8,11H2,1-2H3,(H,17,21)(H,19,20)/t13-/m0/s1. The predicted molar refractivity (Wildman–Crippen MR) is 80.1 cm³/mol. The summed E-state index contributed by atoms with van der Waals surface area (Å²) < 4.78 is 0. The van der Waals surface area contributed by atoms with Crippen LogP contribution in [0.25, 0.3) is 0 Å². The van der Waals surface area contributed by atoms with Crippen LogP contribution in [0.1, 0.15) is 31.7 Å². The van der Waals surface area contributed by atoms with E-state index in [4.69, 9.17) is 5.11 Å². The Morgan fingerprint density at radius 1 is 1.38 bits per heavy atom. The van der Waals surface area contributed by atoms with Crippen LogP contribution >= 0.6 is 0 Å². The van der Waals surface area contributed by atoms with Gasteiger partial charge >= 0.3 is 12.0 Å². The summed E-state index contributed by atoms with van der Waals surface area (Å²) in [4.78, 5) is 28.5. The Morgan fingerprint density at radius 3 is 2.62 bits per heavy atom. The number of carboxylic acids is 1. The molecule has 0 bridgehead atoms. The first kappa shape index (κ1) is 16.9. The molecule has 21 heavy (non-hydrogen) atoms. The van der Waals surface area contributed by atoms with Crippen molar-refractivity contribution in [1.82, 2.24) is 15.2 Å². The molecule has 0 saturated carbocycles. The Bertz CT molecular complexity index is 451. The molecular formula is C15H23N3O3. The van der Waals surface area contributed by atoms with E-state index < -0.39 is 12.0 Å². The van der Waals surface area contributed by atoms with Crippen LogP contribution in [0.4, 0.5) is 4.79 Å². The molecule has 0 radical (unpaired) electrons. The van der Waals surface area contributed by atoms with Crippen molar-refractivity contribution < 1.29 is 14.7 Å². The third-order valence-corrected chi connectivity index (χ3v) is 3.27. The van der Waals surface area contributed by atoms with Crippen LogP contribution in [0, 0.1) is 0 Å². The molecule has 1 atom stereocenters. The number of aliphatic carboxylic acids is 1. The van der Waals surface area contributed by atoms with Crippen molar-refractivity contribution in [2.45, 2.75) is 38.6 Å². The molecule has 1 aromatic rings. The summed E-state index contributed by atoms with van der Waals surface area (Å²) in [5.74, 6) is -0.987. The molecule has 2 amide bonds. The average molecular weight is 293 g/mol. The quantitative estimate of drug-likeness (QED) is 0.767. The molecule has 1 heterocycles. The molecule has 0 aliphatic rings. The monoisotopic (exact) mass is 293 g/mol. The lowest BCUT2D eigenvalue weighted by atomic mass is 10.1. The number of hydrogen-bond donors (Lipinski definition) is 2. The van der Waals surface area contributed by atoms with Gasteiger partial charge in [0.25, 0.3) is 0 Å². The number of rotatable bonds is 8. The predicted octanol–water partition coefficient (Wildman–Crippen LogP) is 1.91. The Morgan fingerprint density at radius 2 is 2.05 bits per heavy atom. The fourth-order valence-corrected chi connectivity index (χ4v) is 1.87. The van der Waals surface area contributed by atoms with Gasteiger partial charge < -0.3 is 15.3 Å². The normalized spacial score (nSPS) is 11.7. The second kappa shape index (κ2) is 8.94. The Balaban J connectivity index is 2.43. The van der Waals surface area contributed by atoms with Gasteiger partial charge in [-0.25, -0.2) is 9.59 Å². The van der Waals surface area contributed by atoms with E-state index in [0.29, 0.717) is 19.4 Å². The van der Waals surface area contributed by atoms with Gasteiger partial charge in [0.1, 0.15) is 6.04 Å². The minimum Gasteiger partial charge on any atom is -0.480 e. The summed E-state index contributed by atoms with van der Waals surface area (Å²) in [5, 5.41) is 11.7. The average Bonchev–Trinajstić information content (AvgIpc) is 2.49. The topological polar surface area (TPSA) is 82.5 Å². The molecule has 116 valence electrons. The van der Waals surface area contributed by atoms with Crippen molar-refractivity contribution in [1.29, 1.82) is 0 Å². The number of carbonyl (C=O) groups is 2. The van der Waals surface area contributed by atoms with Gasteiger partial charge in [0.15, 0.2) is 0 Å². The largest absolute Gasteiger partial charge is 0.480 e. The van der Waals surface area contributed by atoms with Gasteiger partial charge in [-0.05, 0) is 30.5 Å². The van der Waals surface area contributed by atoms with Crippen molar-refractivity contribution in [3.05, 3.63) is 30.1 Å². The second-order valence-corrected chi connectivity index (χ2v) is 5.01. The summed E-state index contributed by atoms with van der Waals surface area (Å²) in [7, 11) is 1.66. The van der Waals surface area contributed by atoms with Crippen LogP contribution in [0.3, 0.4) is 0 Å². The summed E-state index contributed by atoms with van der Waals surface area (Å²) in [6, 6.07) is 2.62. The lowest BCUT2D eigenvalue weighted by Gasteiger charge is -2.21. The van der Waals surface area contributed by atoms with Crippen LogP contribution in [0.5, 0.6) is 0 Å². The van der Waals surface area contributed by atoms with Gasteiger partial charge in [-0.1, -0.05) is 19.8 Å². The zero-order valence-corrected chi connectivity index (χ0v) is 12.6. The number of hydrogen-bond acceptors (Lipinski definition) is 3. The third kappa shape index (κ3) is 6.25. The molecule has 0 spiro atoms. The van der Waals surface area contributed by atoms with Crippen molar-refractivity contribution in [2.24, 2.45) is 0 Å². The minimum atomic E-state index is -0.987. The van der Waals surface area contributed by atoms with Crippen molar-refractivity contribution >= 4 is 12.0 Å². The first-order valence-electron chi connectivity index (χ1n) is 7.18. The molecule has 1 aromatic heterocycles. The van der Waals surface area contributed by atoms with Crippen LogP contribution in [0.2, 0.25) is 0 Å². The number of pyridine rings is 1. The van der Waals surface area contributed by atoms with Gasteiger partial charge in [-0.15, -0.1) is 0 Å². The van der Waals surface area contributed by atoms with Crippen LogP contribution in [-0.4, -0.2) is 46.6 Å². The van der Waals surface area contributed by atoms with E-state index >= 15 is 0 Å². The maximum absolute atomic E-state index is 12.0. The van der Waals surface area contributed by atoms with Crippen LogP contribution < -0.4 is 5.32 Å². The van der Waals surface area contributed by atoms with E-state index in [1.54, 1.807) is 19.4 Å². The molecule has 6 heteroatoms. The van der Waals surface area contributed by atoms with Gasteiger partial charge in [-0.2, -0.15) is 0 Å². The summed E-state index contributed by atoms with van der Waals surface area (Å²) >= 11 is 0. The molecule has 1 rings (SSSR count). The summed E-state index contributed by atoms with van der Waals surface area (Å²) in [6.07, 6.45) is 6.26. The van der Waals surface area contributed by atoms with E-state index in [2.05, 4.69) is 10.3 Å². The number of nitrogens with zero attached hydrogens (tertiary/aromatic N) is 2. The van der Waals surface area contributed by atoms with Gasteiger partial charge in [0.05, 0.1) is 0 Å². The van der Waals surface area contributed by atoms with Gasteiger partial charge in [0, 0.05) is 26.0 Å². The highest BCUT2D eigenvalue weighted by atomic mass is 16.4. The van der Waals surface area contributed by atoms with E-state index in [9.17, 15) is 9.59 Å². The van der Waals surface area contributed by atoms with E-state index in [0.717, 1.165) is 18.4 Å². The van der Waals surface area contributed by atoms with E-state index in [-0.39, 0.29) is 6.03 Å². The van der Waals surface area contributed by atoms with Crippen molar-refractivity contribution in [3.63, 3.8) is 0 Å². The highest BCUT2D eigenvalue weighted by molar-refractivity contribution is 5.82. The van der Waals surface area contributed by atoms with E-state index in [1.807, 2.05) is 19.1 Å². The number of carbonyl (C=O) groups excluding carboxylic acids is 1. The number of urea groups is 1. The third-order valence-electron chi connectivity index (χ3n) is 3.27. The fourth-order valence-electron chi connectivity index (χ4n) is 1.87. The molecule has 0 unspecified atom stereocenters. The molecule has 0 saturated heterocycles. The number of amides is 2. The van der Waals surface area contributed by atoms with Crippen LogP contribution in [-0.2, 0) is 11.2 Å². The number of likely N-dealkylation sites (N-methyl/N-ethyl adjacent to an activating group) is 1. The number of nitrogens with one attached hydrogen (secondary N) is 1. The minimum absolute atomic E-state index is 0.354. The molecular weight excluding hydrogens is 270 g/mol. The Kier molecular flexibility index (Phi) is 7.21. The Labute approximate surface area is 125 Å². The molecule has 0 aromatic carbocycles. The first-order valence-corrected chi connectivity index (χ1v) is 7.18. The smallest absolute Gasteiger partial charge is 0.326 e. The first-order chi connectivity index (χ1) is 10.0. The van der Waals surface area contributed by atoms with E-state index in [1.165, 1.54) is 4.90 Å². The zero-order valence-electron chi connectivity index (χ0n) is 12.6. The highest BCUT2D eigenvalue weighted by Crippen LogP contribution is 2.03. The molecule has 0 fully saturated rings. The fraction of sp³-hybridized carbons (Fsp3) is 0.533. The molecule has 6 nitrogen and oxygen atoms in total. The van der Waals surface area contributed by atoms with Gasteiger partial charge in [-0.3, -0.25) is 4.98 Å². The maximum Gasteiger partial charge on any atom is 0.326 e. The van der Waals surface area contributed by atoms with Gasteiger partial charge in [0.2, 0.25) is 0 Å². The highest BCUT2D eigenvalue weighted by Gasteiger charge is 2.20. The van der Waals surface area contributed by atoms with Crippen LogP contribution in [0.15, 0.2) is 24.5 Å². The van der Waals surface area contributed by atoms with Crippen molar-refractivity contribution in [3.8, 4) is 0 Å². The lowest BCUT2D eigenvalue weighted by molar-refractivity contribution is -0.139. The zero-order chi connectivity index (χ0) is 15.7. The van der Waals surface area contributed by atoms with Crippen molar-refractivity contribution in [2.75, 3.05) is 13.6 Å². The molecule has 0 aliphatic heterocycles. The Hall–Kier alpha value is -2.11. The lowest BCUT2D eigenvalue weighted by Crippen LogP contribution is -2.47. The number of aromatic nitrogens is 1. The summed E-state index contributed by atoms with van der Waals surface area (Å²) in [5.41, 5.74) is 1.09. The summed E-state index contributed by atoms with van der Waals surface area (Å²) in [6.45, 7) is 2.51. The second-order valence-electron chi connectivity index (χ2n) is 5.01.